The Bertz CT molecular complexity index is 687. The molecule has 4 nitrogen and oxygen atoms in total. The van der Waals surface area contributed by atoms with Crippen LogP contribution in [0.25, 0.3) is 0 Å². The fourth-order valence-corrected chi connectivity index (χ4v) is 1.90. The Kier molecular flexibility index (Phi) is 4.68. The molecule has 1 N–H and O–H groups in total. The first kappa shape index (κ1) is 14.7. The van der Waals surface area contributed by atoms with Gasteiger partial charge in [-0.05, 0) is 44.2 Å². The molecular weight excluding hydrogens is 266 g/mol. The third kappa shape index (κ3) is 3.90. The first-order valence-electron chi connectivity index (χ1n) is 6.58. The zero-order valence-electron chi connectivity index (χ0n) is 12.3. The van der Waals surface area contributed by atoms with Crippen LogP contribution in [-0.2, 0) is 0 Å². The van der Waals surface area contributed by atoms with Crippen molar-refractivity contribution in [3.63, 3.8) is 0 Å². The minimum Gasteiger partial charge on any atom is -0.497 e. The lowest BCUT2D eigenvalue weighted by molar-refractivity contribution is 0.0957. The molecule has 1 aromatic heterocycles. The van der Waals surface area contributed by atoms with Crippen molar-refractivity contribution in [2.24, 2.45) is 0 Å². The van der Waals surface area contributed by atoms with E-state index in [0.717, 1.165) is 17.1 Å². The lowest BCUT2D eigenvalue weighted by Crippen LogP contribution is -2.23. The van der Waals surface area contributed by atoms with E-state index in [0.29, 0.717) is 11.3 Å². The van der Waals surface area contributed by atoms with Gasteiger partial charge in [0.05, 0.1) is 19.2 Å². The maximum absolute atomic E-state index is 11.9. The Morgan fingerprint density at radius 2 is 2.00 bits per heavy atom. The average molecular weight is 283 g/mol. The van der Waals surface area contributed by atoms with Crippen LogP contribution in [0.1, 0.15) is 27.4 Å². The van der Waals surface area contributed by atoms with Crippen molar-refractivity contribution in [3.05, 3.63) is 53.0 Å². The lowest BCUT2D eigenvalue weighted by Gasteiger charge is -1.99. The molecular formula is C17H17NO3. The van der Waals surface area contributed by atoms with Crippen molar-refractivity contribution < 1.29 is 13.9 Å². The summed E-state index contributed by atoms with van der Waals surface area (Å²) in [5, 5.41) is 2.75. The van der Waals surface area contributed by atoms with Crippen LogP contribution < -0.4 is 10.1 Å². The Morgan fingerprint density at radius 1 is 1.29 bits per heavy atom. The summed E-state index contributed by atoms with van der Waals surface area (Å²) in [5.41, 5.74) is 1.43. The van der Waals surface area contributed by atoms with Crippen molar-refractivity contribution >= 4 is 5.91 Å². The number of rotatable bonds is 3. The summed E-state index contributed by atoms with van der Waals surface area (Å²) in [7, 11) is 1.62. The van der Waals surface area contributed by atoms with E-state index in [1.165, 1.54) is 0 Å². The van der Waals surface area contributed by atoms with E-state index >= 15 is 0 Å². The molecule has 1 aromatic carbocycles. The van der Waals surface area contributed by atoms with E-state index in [1.54, 1.807) is 20.1 Å². The highest BCUT2D eigenvalue weighted by Gasteiger charge is 2.11. The highest BCUT2D eigenvalue weighted by Crippen LogP contribution is 2.13. The summed E-state index contributed by atoms with van der Waals surface area (Å²) in [6, 6.07) is 9.16. The zero-order chi connectivity index (χ0) is 15.2. The van der Waals surface area contributed by atoms with Crippen LogP contribution >= 0.6 is 0 Å². The number of furan rings is 1. The zero-order valence-corrected chi connectivity index (χ0v) is 12.3. The minimum absolute atomic E-state index is 0.173. The molecule has 0 fully saturated rings. The monoisotopic (exact) mass is 283 g/mol. The van der Waals surface area contributed by atoms with Crippen LogP contribution in [0, 0.1) is 25.7 Å². The van der Waals surface area contributed by atoms with Gasteiger partial charge in [-0.25, -0.2) is 0 Å². The number of hydrogen-bond donors (Lipinski definition) is 1. The Hall–Kier alpha value is -2.67. The first-order chi connectivity index (χ1) is 10.1. The van der Waals surface area contributed by atoms with Gasteiger partial charge in [-0.3, -0.25) is 4.79 Å². The molecule has 0 aliphatic carbocycles. The largest absolute Gasteiger partial charge is 0.497 e. The summed E-state index contributed by atoms with van der Waals surface area (Å²) < 4.78 is 10.4. The number of carbonyl (C=O) groups is 1. The highest BCUT2D eigenvalue weighted by atomic mass is 16.5. The molecule has 0 spiro atoms. The Balaban J connectivity index is 1.91. The van der Waals surface area contributed by atoms with Crippen LogP contribution in [0.15, 0.2) is 34.7 Å². The van der Waals surface area contributed by atoms with Gasteiger partial charge < -0.3 is 14.5 Å². The highest BCUT2D eigenvalue weighted by molar-refractivity contribution is 5.95. The number of benzene rings is 1. The third-order valence-corrected chi connectivity index (χ3v) is 2.95. The second-order valence-corrected chi connectivity index (χ2v) is 4.54. The number of hydrogen-bond acceptors (Lipinski definition) is 3. The summed E-state index contributed by atoms with van der Waals surface area (Å²) in [4.78, 5) is 11.9. The summed E-state index contributed by atoms with van der Waals surface area (Å²) in [6.07, 6.45) is 0. The maximum atomic E-state index is 11.9. The number of ether oxygens (including phenoxy) is 1. The molecule has 4 heteroatoms. The quantitative estimate of drug-likeness (QED) is 0.881. The van der Waals surface area contributed by atoms with Gasteiger partial charge in [0.1, 0.15) is 17.3 Å². The number of carbonyl (C=O) groups excluding carboxylic acids is 1. The smallest absolute Gasteiger partial charge is 0.255 e. The van der Waals surface area contributed by atoms with Gasteiger partial charge in [-0.1, -0.05) is 11.8 Å². The van der Waals surface area contributed by atoms with Gasteiger partial charge in [-0.2, -0.15) is 0 Å². The normalized spacial score (nSPS) is 9.67. The number of aryl methyl sites for hydroxylation is 2. The van der Waals surface area contributed by atoms with Gasteiger partial charge >= 0.3 is 0 Å². The predicted octanol–water partition coefficient (Wildman–Crippen LogP) is 2.69. The molecule has 0 atom stereocenters. The Morgan fingerprint density at radius 3 is 2.57 bits per heavy atom. The van der Waals surface area contributed by atoms with Gasteiger partial charge in [0, 0.05) is 5.56 Å². The average Bonchev–Trinajstić information content (AvgIpc) is 2.83. The number of methoxy groups -OCH3 is 1. The molecule has 0 bridgehead atoms. The van der Waals surface area contributed by atoms with Crippen molar-refractivity contribution in [3.8, 4) is 17.6 Å². The topological polar surface area (TPSA) is 51.5 Å². The van der Waals surface area contributed by atoms with Crippen LogP contribution in [0.3, 0.4) is 0 Å². The van der Waals surface area contributed by atoms with Crippen LogP contribution in [0.4, 0.5) is 0 Å². The minimum atomic E-state index is -0.173. The molecule has 0 saturated carbocycles. The number of amides is 1. The van der Waals surface area contributed by atoms with Crippen LogP contribution in [-0.4, -0.2) is 19.6 Å². The lowest BCUT2D eigenvalue weighted by atomic mass is 10.2. The molecule has 0 saturated heterocycles. The molecule has 0 radical (unpaired) electrons. The SMILES string of the molecule is COc1ccc(C#CCNC(=O)c2cc(C)oc2C)cc1. The molecule has 0 aliphatic heterocycles. The van der Waals surface area contributed by atoms with E-state index in [-0.39, 0.29) is 12.5 Å². The summed E-state index contributed by atoms with van der Waals surface area (Å²) in [5.74, 6) is 7.85. The predicted molar refractivity (Wildman–Crippen MR) is 80.4 cm³/mol. The molecule has 2 rings (SSSR count). The molecule has 0 unspecified atom stereocenters. The van der Waals surface area contributed by atoms with Crippen molar-refractivity contribution in [2.45, 2.75) is 13.8 Å². The Labute approximate surface area is 124 Å². The summed E-state index contributed by atoms with van der Waals surface area (Å²) in [6.45, 7) is 3.87. The first-order valence-corrected chi connectivity index (χ1v) is 6.58. The summed E-state index contributed by atoms with van der Waals surface area (Å²) >= 11 is 0. The van der Waals surface area contributed by atoms with E-state index in [1.807, 2.05) is 31.2 Å². The number of nitrogens with one attached hydrogen (secondary N) is 1. The molecule has 1 amide bonds. The molecule has 0 aliphatic rings. The van der Waals surface area contributed by atoms with E-state index in [2.05, 4.69) is 17.2 Å². The molecule has 21 heavy (non-hydrogen) atoms. The van der Waals surface area contributed by atoms with Crippen LogP contribution in [0.5, 0.6) is 5.75 Å². The van der Waals surface area contributed by atoms with Gasteiger partial charge in [0.25, 0.3) is 5.91 Å². The molecule has 2 aromatic rings. The molecule has 1 heterocycles. The van der Waals surface area contributed by atoms with Gasteiger partial charge in [0.15, 0.2) is 0 Å². The maximum Gasteiger partial charge on any atom is 0.255 e. The van der Waals surface area contributed by atoms with Crippen molar-refractivity contribution in [2.75, 3.05) is 13.7 Å². The van der Waals surface area contributed by atoms with Crippen molar-refractivity contribution in [1.82, 2.24) is 5.32 Å². The third-order valence-electron chi connectivity index (χ3n) is 2.95. The fraction of sp³-hybridized carbons (Fsp3) is 0.235. The fourth-order valence-electron chi connectivity index (χ4n) is 1.90. The molecule has 108 valence electrons. The van der Waals surface area contributed by atoms with E-state index in [9.17, 15) is 4.79 Å². The van der Waals surface area contributed by atoms with Crippen LogP contribution in [0.2, 0.25) is 0 Å². The van der Waals surface area contributed by atoms with Gasteiger partial charge in [0.2, 0.25) is 0 Å². The van der Waals surface area contributed by atoms with E-state index < -0.39 is 0 Å². The van der Waals surface area contributed by atoms with E-state index in [4.69, 9.17) is 9.15 Å². The second kappa shape index (κ2) is 6.67. The second-order valence-electron chi connectivity index (χ2n) is 4.54. The van der Waals surface area contributed by atoms with Crippen molar-refractivity contribution in [1.29, 1.82) is 0 Å². The standard InChI is InChI=1S/C17H17NO3/c1-12-11-16(13(2)21-12)17(19)18-10-4-5-14-6-8-15(20-3)9-7-14/h6-9,11H,10H2,1-3H3,(H,18,19). The van der Waals surface area contributed by atoms with Gasteiger partial charge in [-0.15, -0.1) is 0 Å².